The molecule has 6 nitrogen and oxygen atoms in total. The molecule has 1 aromatic rings. The number of benzene rings is 1. The average Bonchev–Trinajstić information content (AvgIpc) is 2.72. The number of hydrogen-bond acceptors (Lipinski definition) is 4. The lowest BCUT2D eigenvalue weighted by Gasteiger charge is -2.40. The standard InChI is InChI=1S/C22H33N3O3/c1-2-24(17-21(26)27)20-10-13-25(14-11-20)22(28)19-9-6-12-23(16-19)15-18-7-4-3-5-8-18/h3-5,7-8,19-20H,2,6,9-17H2,1H3,(H,26,27)/t19-/m1/s1. The van der Waals surface area contributed by atoms with Crippen LogP contribution >= 0.6 is 0 Å². The maximum atomic E-state index is 13.1. The van der Waals surface area contributed by atoms with Crippen molar-refractivity contribution in [1.82, 2.24) is 14.7 Å². The van der Waals surface area contributed by atoms with Gasteiger partial charge in [-0.1, -0.05) is 37.3 Å². The van der Waals surface area contributed by atoms with Gasteiger partial charge < -0.3 is 10.0 Å². The summed E-state index contributed by atoms with van der Waals surface area (Å²) in [6.07, 6.45) is 3.78. The van der Waals surface area contributed by atoms with E-state index in [1.807, 2.05) is 22.8 Å². The smallest absolute Gasteiger partial charge is 0.317 e. The van der Waals surface area contributed by atoms with Gasteiger partial charge in [-0.25, -0.2) is 0 Å². The minimum absolute atomic E-state index is 0.0895. The number of carbonyl (C=O) groups excluding carboxylic acids is 1. The van der Waals surface area contributed by atoms with Gasteiger partial charge in [-0.3, -0.25) is 19.4 Å². The zero-order chi connectivity index (χ0) is 19.9. The third-order valence-electron chi connectivity index (χ3n) is 6.14. The van der Waals surface area contributed by atoms with E-state index in [2.05, 4.69) is 29.2 Å². The molecule has 0 radical (unpaired) electrons. The largest absolute Gasteiger partial charge is 0.480 e. The van der Waals surface area contributed by atoms with E-state index in [9.17, 15) is 9.59 Å². The number of likely N-dealkylation sites (tertiary alicyclic amines) is 2. The molecule has 0 aromatic heterocycles. The van der Waals surface area contributed by atoms with Gasteiger partial charge in [0.05, 0.1) is 12.5 Å². The highest BCUT2D eigenvalue weighted by atomic mass is 16.4. The van der Waals surface area contributed by atoms with Crippen molar-refractivity contribution in [3.63, 3.8) is 0 Å². The van der Waals surface area contributed by atoms with Crippen LogP contribution in [0, 0.1) is 5.92 Å². The van der Waals surface area contributed by atoms with Crippen molar-refractivity contribution < 1.29 is 14.7 Å². The number of rotatable bonds is 7. The molecular weight excluding hydrogens is 354 g/mol. The topological polar surface area (TPSA) is 64.1 Å². The SMILES string of the molecule is CCN(CC(=O)O)C1CCN(C(=O)[C@@H]2CCCN(Cc3ccccc3)C2)CC1. The molecule has 6 heteroatoms. The molecule has 2 aliphatic rings. The van der Waals surface area contributed by atoms with Crippen LogP contribution in [0.15, 0.2) is 30.3 Å². The summed E-state index contributed by atoms with van der Waals surface area (Å²) in [5.41, 5.74) is 1.30. The first-order chi connectivity index (χ1) is 13.6. The van der Waals surface area contributed by atoms with Crippen molar-refractivity contribution in [3.8, 4) is 0 Å². The third-order valence-corrected chi connectivity index (χ3v) is 6.14. The van der Waals surface area contributed by atoms with Crippen LogP contribution in [0.2, 0.25) is 0 Å². The summed E-state index contributed by atoms with van der Waals surface area (Å²) in [7, 11) is 0. The lowest BCUT2D eigenvalue weighted by Crippen LogP contribution is -2.51. The Bertz CT molecular complexity index is 644. The fourth-order valence-electron chi connectivity index (χ4n) is 4.62. The van der Waals surface area contributed by atoms with Crippen LogP contribution in [-0.2, 0) is 16.1 Å². The summed E-state index contributed by atoms with van der Waals surface area (Å²) in [6, 6.07) is 10.7. The number of likely N-dealkylation sites (N-methyl/N-ethyl adjacent to an activating group) is 1. The summed E-state index contributed by atoms with van der Waals surface area (Å²) in [6.45, 7) is 7.13. The monoisotopic (exact) mass is 387 g/mol. The zero-order valence-corrected chi connectivity index (χ0v) is 16.9. The average molecular weight is 388 g/mol. The summed E-state index contributed by atoms with van der Waals surface area (Å²) in [4.78, 5) is 30.5. The lowest BCUT2D eigenvalue weighted by molar-refractivity contribution is -0.142. The first-order valence-electron chi connectivity index (χ1n) is 10.6. The zero-order valence-electron chi connectivity index (χ0n) is 16.9. The Morgan fingerprint density at radius 1 is 1.11 bits per heavy atom. The van der Waals surface area contributed by atoms with Crippen LogP contribution < -0.4 is 0 Å². The van der Waals surface area contributed by atoms with E-state index >= 15 is 0 Å². The first kappa shape index (κ1) is 20.8. The lowest BCUT2D eigenvalue weighted by atomic mass is 9.94. The summed E-state index contributed by atoms with van der Waals surface area (Å²) in [5.74, 6) is -0.395. The Hall–Kier alpha value is -1.92. The van der Waals surface area contributed by atoms with Crippen LogP contribution in [0.1, 0.15) is 38.2 Å². The summed E-state index contributed by atoms with van der Waals surface area (Å²) >= 11 is 0. The van der Waals surface area contributed by atoms with Gasteiger partial charge in [0, 0.05) is 32.2 Å². The van der Waals surface area contributed by atoms with Gasteiger partial charge in [-0.05, 0) is 44.3 Å². The van der Waals surface area contributed by atoms with Crippen LogP contribution in [0.4, 0.5) is 0 Å². The molecule has 1 N–H and O–H groups in total. The van der Waals surface area contributed by atoms with Crippen LogP contribution in [0.5, 0.6) is 0 Å². The molecule has 1 aromatic carbocycles. The molecule has 2 fully saturated rings. The molecule has 0 spiro atoms. The van der Waals surface area contributed by atoms with E-state index in [1.54, 1.807) is 0 Å². The molecule has 28 heavy (non-hydrogen) atoms. The molecule has 3 rings (SSSR count). The van der Waals surface area contributed by atoms with E-state index in [0.717, 1.165) is 65.0 Å². The summed E-state index contributed by atoms with van der Waals surface area (Å²) in [5, 5.41) is 9.08. The highest BCUT2D eigenvalue weighted by Crippen LogP contribution is 2.24. The van der Waals surface area contributed by atoms with Crippen molar-refractivity contribution in [3.05, 3.63) is 35.9 Å². The van der Waals surface area contributed by atoms with E-state index in [-0.39, 0.29) is 24.4 Å². The highest BCUT2D eigenvalue weighted by Gasteiger charge is 2.32. The van der Waals surface area contributed by atoms with Gasteiger partial charge in [0.2, 0.25) is 5.91 Å². The summed E-state index contributed by atoms with van der Waals surface area (Å²) < 4.78 is 0. The van der Waals surface area contributed by atoms with Gasteiger partial charge in [0.1, 0.15) is 0 Å². The molecule has 0 bridgehead atoms. The molecule has 1 atom stereocenters. The quantitative estimate of drug-likeness (QED) is 0.778. The van der Waals surface area contributed by atoms with E-state index < -0.39 is 5.97 Å². The van der Waals surface area contributed by atoms with Crippen molar-refractivity contribution in [1.29, 1.82) is 0 Å². The fraction of sp³-hybridized carbons (Fsp3) is 0.636. The second kappa shape index (κ2) is 10.0. The number of carboxylic acids is 1. The molecule has 0 saturated carbocycles. The Morgan fingerprint density at radius 2 is 1.82 bits per heavy atom. The van der Waals surface area contributed by atoms with Crippen molar-refractivity contribution >= 4 is 11.9 Å². The van der Waals surface area contributed by atoms with Gasteiger partial charge in [-0.15, -0.1) is 0 Å². The van der Waals surface area contributed by atoms with Gasteiger partial charge >= 0.3 is 5.97 Å². The molecule has 2 aliphatic heterocycles. The number of amides is 1. The normalized spacial score (nSPS) is 21.8. The molecule has 2 saturated heterocycles. The Kier molecular flexibility index (Phi) is 7.45. The van der Waals surface area contributed by atoms with Gasteiger partial charge in [0.15, 0.2) is 0 Å². The predicted molar refractivity (Wildman–Crippen MR) is 109 cm³/mol. The molecule has 2 heterocycles. The number of carboxylic acid groups (broad SMARTS) is 1. The minimum Gasteiger partial charge on any atom is -0.480 e. The molecular formula is C22H33N3O3. The maximum absolute atomic E-state index is 13.1. The Balaban J connectivity index is 1.49. The van der Waals surface area contributed by atoms with E-state index in [1.165, 1.54) is 5.56 Å². The second-order valence-corrected chi connectivity index (χ2v) is 8.07. The van der Waals surface area contributed by atoms with E-state index in [0.29, 0.717) is 0 Å². The molecule has 1 amide bonds. The molecule has 0 aliphatic carbocycles. The van der Waals surface area contributed by atoms with Gasteiger partial charge in [0.25, 0.3) is 0 Å². The first-order valence-corrected chi connectivity index (χ1v) is 10.6. The fourth-order valence-corrected chi connectivity index (χ4v) is 4.62. The number of carbonyl (C=O) groups is 2. The molecule has 0 unspecified atom stereocenters. The van der Waals surface area contributed by atoms with E-state index in [4.69, 9.17) is 5.11 Å². The second-order valence-electron chi connectivity index (χ2n) is 8.07. The van der Waals surface area contributed by atoms with Crippen LogP contribution in [0.3, 0.4) is 0 Å². The van der Waals surface area contributed by atoms with Crippen LogP contribution in [0.25, 0.3) is 0 Å². The molecule has 154 valence electrons. The van der Waals surface area contributed by atoms with Gasteiger partial charge in [-0.2, -0.15) is 0 Å². The predicted octanol–water partition coefficient (Wildman–Crippen LogP) is 2.30. The van der Waals surface area contributed by atoms with Crippen molar-refractivity contribution in [2.45, 2.75) is 45.2 Å². The van der Waals surface area contributed by atoms with Crippen LogP contribution in [-0.4, -0.2) is 77.0 Å². The maximum Gasteiger partial charge on any atom is 0.317 e. The third kappa shape index (κ3) is 5.55. The van der Waals surface area contributed by atoms with Crippen molar-refractivity contribution in [2.75, 3.05) is 39.3 Å². The number of aliphatic carboxylic acids is 1. The Labute approximate surface area is 168 Å². The number of hydrogen-bond donors (Lipinski definition) is 1. The number of piperidine rings is 2. The Morgan fingerprint density at radius 3 is 2.46 bits per heavy atom. The minimum atomic E-state index is -0.777. The highest BCUT2D eigenvalue weighted by molar-refractivity contribution is 5.79. The van der Waals surface area contributed by atoms with Crippen molar-refractivity contribution in [2.24, 2.45) is 5.92 Å². The number of nitrogens with zero attached hydrogens (tertiary/aromatic N) is 3.